The van der Waals surface area contributed by atoms with Crippen molar-refractivity contribution in [2.75, 3.05) is 0 Å². The first kappa shape index (κ1) is 113. The number of H-pyrrole nitrogens is 7. The Bertz CT molecular complexity index is 7190. The van der Waals surface area contributed by atoms with Crippen molar-refractivity contribution in [1.29, 1.82) is 0 Å². The molecule has 130 heavy (non-hydrogen) atoms. The largest absolute Gasteiger partial charge is 0.339 e. The van der Waals surface area contributed by atoms with Gasteiger partial charge in [0.05, 0.1) is 73.0 Å². The molecule has 0 fully saturated rings. The number of nitrogens with two attached hydrogens (primary N) is 1. The number of carbonyl (C=O) groups excluding carboxylic acids is 1. The number of aromatic nitrogens is 16. The van der Waals surface area contributed by atoms with E-state index in [9.17, 15) is 28.5 Å². The average Bonchev–Trinajstić information content (AvgIpc) is 1.37. The lowest BCUT2D eigenvalue weighted by Crippen LogP contribution is -2.21. The van der Waals surface area contributed by atoms with E-state index in [0.717, 1.165) is 139 Å². The topological polar surface area (TPSA) is 339 Å². The molecule has 11 aromatic heterocycles. The molecule has 1 unspecified atom stereocenters. The molecule has 23 nitrogen and oxygen atoms in total. The maximum absolute atomic E-state index is 12.6. The number of pyridine rings is 6. The summed E-state index contributed by atoms with van der Waals surface area (Å²) in [5.41, 5.74) is 23.5. The molecule has 0 saturated heterocycles. The van der Waals surface area contributed by atoms with Crippen molar-refractivity contribution >= 4 is 156 Å². The molecule has 0 amide bonds. The van der Waals surface area contributed by atoms with Crippen LogP contribution in [0, 0.1) is 20.8 Å². The second-order valence-electron chi connectivity index (χ2n) is 26.7. The van der Waals surface area contributed by atoms with E-state index in [4.69, 9.17) is 52.1 Å². The van der Waals surface area contributed by atoms with Gasteiger partial charge in [-0.05, 0) is 172 Å². The van der Waals surface area contributed by atoms with Crippen molar-refractivity contribution in [2.45, 2.75) is 109 Å². The Morgan fingerprint density at radius 3 is 1.34 bits per heavy atom. The van der Waals surface area contributed by atoms with Gasteiger partial charge in [0.15, 0.2) is 5.78 Å². The quantitative estimate of drug-likeness (QED) is 0.0378. The van der Waals surface area contributed by atoms with Gasteiger partial charge in [-0.3, -0.25) is 38.7 Å². The number of nitrogens with one attached hydrogen (secondary N) is 7. The third-order valence-electron chi connectivity index (χ3n) is 18.7. The van der Waals surface area contributed by atoms with E-state index in [1.807, 2.05) is 233 Å². The summed E-state index contributed by atoms with van der Waals surface area (Å²) < 4.78 is 12.9. The fourth-order valence-electron chi connectivity index (χ4n) is 13.4. The highest BCUT2D eigenvalue weighted by Gasteiger charge is 2.22. The number of nitrogens with zero attached hydrogens (tertiary/aromatic N) is 9. The Kier molecular flexibility index (Phi) is 44.4. The molecule has 19 aromatic rings. The number of ketones is 1. The predicted molar refractivity (Wildman–Crippen MR) is 556 cm³/mol. The van der Waals surface area contributed by atoms with Gasteiger partial charge < -0.3 is 49.8 Å². The van der Waals surface area contributed by atoms with E-state index < -0.39 is 11.2 Å². The molecule has 0 bridgehead atoms. The number of Topliss-reactive ketones (excluding diaryl/α,β-unsaturated/α-hetero) is 1. The smallest absolute Gasteiger partial charge is 0.329 e. The summed E-state index contributed by atoms with van der Waals surface area (Å²) in [6, 6.07) is 72.0. The normalized spacial score (nSPS) is 10.3. The molecule has 0 radical (unpaired) electrons. The first-order valence-corrected chi connectivity index (χ1v) is 42.3. The number of hydrogen-bond acceptors (Lipinski definition) is 14. The number of aryl methyl sites for hydroxylation is 5. The van der Waals surface area contributed by atoms with Gasteiger partial charge in [-0.1, -0.05) is 252 Å². The summed E-state index contributed by atoms with van der Waals surface area (Å²) in [7, 11) is 3.63. The molecule has 9 N–H and O–H groups in total. The van der Waals surface area contributed by atoms with Crippen LogP contribution < -0.4 is 28.1 Å². The molecule has 0 saturated carbocycles. The first-order valence-electron chi connectivity index (χ1n) is 36.4. The summed E-state index contributed by atoms with van der Waals surface area (Å²) in [5.74, 6) is -0.0730. The predicted octanol–water partition coefficient (Wildman–Crippen LogP) is 28.4. The Balaban J connectivity index is 0.000000514. The van der Waals surface area contributed by atoms with Crippen molar-refractivity contribution in [3.8, 4) is 67.5 Å². The van der Waals surface area contributed by atoms with Gasteiger partial charge in [0.2, 0.25) is 26.7 Å². The molecular formula is C99H113Cl7N17O6P. The summed E-state index contributed by atoms with van der Waals surface area (Å²) in [6.45, 7) is 5.76. The van der Waals surface area contributed by atoms with Crippen LogP contribution in [-0.2, 0) is 18.7 Å². The van der Waals surface area contributed by atoms with E-state index in [-0.39, 0.29) is 110 Å². The summed E-state index contributed by atoms with van der Waals surface area (Å²) in [6.07, 6.45) is 10.2. The van der Waals surface area contributed by atoms with E-state index in [2.05, 4.69) is 103 Å². The lowest BCUT2D eigenvalue weighted by Gasteiger charge is -2.11. The van der Waals surface area contributed by atoms with Crippen LogP contribution in [0.15, 0.2) is 287 Å². The number of imidazole rings is 5. The van der Waals surface area contributed by atoms with E-state index in [1.54, 1.807) is 73.1 Å². The SMILES string of the molecule is C.C.C.C.C.C.C.C.C.C.C.Cc1cc(-c2[nH]c(=O)[nH]c2-c2ccccc2)ccn1.Cc1cc(-c2nc(Cl)[nH]c2-c2ccccc2)ccn1.Cc1cc(C(N)C(=O)c2ccccc2)ccn1.Cn1ccc2c(c1=O)c1ccccc1c1nc(Cl)n(C)c21.O=P(Cl)(Cl)Cl.O=c1[nH]ccc2c3nc(Cl)[nH]c3c3ccccc3c12.O=c1cc(-c2nc(Cl)[nH]c2-c2ccccc2)cc[nH]1. The van der Waals surface area contributed by atoms with E-state index in [1.165, 1.54) is 6.07 Å². The zero-order valence-corrected chi connectivity index (χ0v) is 69.8. The van der Waals surface area contributed by atoms with E-state index >= 15 is 0 Å². The third-order valence-corrected chi connectivity index (χ3v) is 19.5. The van der Waals surface area contributed by atoms with Crippen LogP contribution in [0.5, 0.6) is 0 Å². The molecule has 8 aromatic carbocycles. The molecule has 11 heterocycles. The highest BCUT2D eigenvalue weighted by molar-refractivity contribution is 8.24. The Hall–Kier alpha value is -12.6. The second kappa shape index (κ2) is 50.9. The number of hydrogen-bond donors (Lipinski definition) is 8. The molecule has 0 aliphatic rings. The monoisotopic (exact) mass is 1910 g/mol. The average molecular weight is 1920 g/mol. The van der Waals surface area contributed by atoms with Crippen molar-refractivity contribution in [1.82, 2.24) is 78.9 Å². The summed E-state index contributed by atoms with van der Waals surface area (Å²) in [5, 5.41) is 4.97. The standard InChI is InChI=1S/C16H12ClN3O.C15H12ClN3.C15H13N3O.C14H8ClN3O.C14H10ClN3O.C14H14N2O.11CH4.Cl3OP/c1-19-8-7-11-12(15(19)21)9-5-3-4-6-10(9)13-14(11)20(2)16(17)18-13;1-10-9-12(7-8-17-10)14-13(18-15(16)19-14)11-5-3-2-4-6-11;1-10-9-12(7-8-16-10)14-13(17-15(19)18-14)11-5-3-2-4-6-11;15-14-17-11-8-4-2-1-3-7(8)10-9(12(11)18-14)5-6-16-13(10)19;15-14-17-12(9-4-2-1-3-5-9)13(18-14)10-6-7-16-11(19)8-10;1-10-9-12(7-8-16-10)13(15)14(17)11-5-3-2-4-6-11;;;;;;;;;;;;1-5(2,3)4/h3-8H,1-2H3;2-9H,1H3,(H,18,19);2-9H,1H3,(H2,17,18,19);1-6H,(H,16,19)(H,17,18);1-8H,(H,16,19)(H,17,18);2-9,13H,15H2,1H3;11*1H4;. The van der Waals surface area contributed by atoms with Crippen molar-refractivity contribution < 1.29 is 9.36 Å². The molecule has 0 spiro atoms. The molecule has 0 aliphatic heterocycles. The van der Waals surface area contributed by atoms with Gasteiger partial charge in [-0.2, -0.15) is 0 Å². The van der Waals surface area contributed by atoms with Gasteiger partial charge in [0.25, 0.3) is 11.1 Å². The highest BCUT2D eigenvalue weighted by atomic mass is 36.0. The van der Waals surface area contributed by atoms with Crippen molar-refractivity contribution in [3.05, 3.63) is 359 Å². The van der Waals surface area contributed by atoms with Crippen LogP contribution in [0.3, 0.4) is 0 Å². The molecule has 0 aliphatic carbocycles. The maximum Gasteiger partial charge on any atom is 0.339 e. The van der Waals surface area contributed by atoms with Gasteiger partial charge >= 0.3 is 10.9 Å². The minimum absolute atomic E-state index is 0. The fraction of sp³-hybridized carbons (Fsp3) is 0.172. The van der Waals surface area contributed by atoms with Crippen LogP contribution in [-0.4, -0.2) is 84.7 Å². The van der Waals surface area contributed by atoms with Crippen molar-refractivity contribution in [2.24, 2.45) is 19.8 Å². The highest BCUT2D eigenvalue weighted by Crippen LogP contribution is 2.61. The van der Waals surface area contributed by atoms with Gasteiger partial charge in [-0.25, -0.2) is 24.7 Å². The minimum atomic E-state index is -3.22. The van der Waals surface area contributed by atoms with Crippen LogP contribution in [0.2, 0.25) is 21.1 Å². The minimum Gasteiger partial charge on any atom is -0.329 e. The van der Waals surface area contributed by atoms with Crippen LogP contribution in [0.1, 0.15) is 121 Å². The number of halogens is 7. The zero-order valence-electron chi connectivity index (χ0n) is 63.6. The molecule has 684 valence electrons. The number of fused-ring (bicyclic) bond motifs is 12. The van der Waals surface area contributed by atoms with Crippen LogP contribution in [0.25, 0.3) is 133 Å². The van der Waals surface area contributed by atoms with Gasteiger partial charge in [-0.15, -0.1) is 0 Å². The molecule has 31 heteroatoms. The zero-order chi connectivity index (χ0) is 84.2. The van der Waals surface area contributed by atoms with Gasteiger partial charge in [0.1, 0.15) is 0 Å². The number of rotatable bonds is 9. The number of carbonyl (C=O) groups is 1. The number of benzene rings is 8. The lowest BCUT2D eigenvalue weighted by molar-refractivity contribution is 0.0961. The van der Waals surface area contributed by atoms with Crippen molar-refractivity contribution in [3.63, 3.8) is 0 Å². The second-order valence-corrected chi connectivity index (χ2v) is 34.7. The maximum atomic E-state index is 12.6. The Morgan fingerprint density at radius 1 is 0.408 bits per heavy atom. The molecule has 19 rings (SSSR count). The van der Waals surface area contributed by atoms with Crippen LogP contribution >= 0.6 is 85.3 Å². The first-order chi connectivity index (χ1) is 57.2. The summed E-state index contributed by atoms with van der Waals surface area (Å²) >= 11 is 38.0. The van der Waals surface area contributed by atoms with E-state index in [0.29, 0.717) is 43.2 Å². The molecular weight excluding hydrogens is 1800 g/mol. The van der Waals surface area contributed by atoms with Crippen LogP contribution in [0.4, 0.5) is 0 Å². The number of aromatic amines is 7. The Labute approximate surface area is 793 Å². The summed E-state index contributed by atoms with van der Waals surface area (Å²) in [4.78, 5) is 110. The van der Waals surface area contributed by atoms with Gasteiger partial charge in [0, 0.05) is 135 Å². The molecule has 1 atom stereocenters. The Morgan fingerprint density at radius 2 is 0.831 bits per heavy atom. The lowest BCUT2D eigenvalue weighted by atomic mass is 9.99. The third kappa shape index (κ3) is 27.0. The fourth-order valence-corrected chi connectivity index (χ4v) is 14.1.